The van der Waals surface area contributed by atoms with Gasteiger partial charge in [0.1, 0.15) is 5.75 Å². The van der Waals surface area contributed by atoms with Crippen LogP contribution in [-0.2, 0) is 4.79 Å². The van der Waals surface area contributed by atoms with Crippen LogP contribution in [0, 0.1) is 16.7 Å². The lowest BCUT2D eigenvalue weighted by Gasteiger charge is -2.39. The molecule has 0 unspecified atom stereocenters. The molecule has 0 aromatic heterocycles. The van der Waals surface area contributed by atoms with Crippen molar-refractivity contribution in [3.8, 4) is 5.75 Å². The lowest BCUT2D eigenvalue weighted by atomic mass is 9.69. The smallest absolute Gasteiger partial charge is 0.258 e. The van der Waals surface area contributed by atoms with Crippen LogP contribution >= 0.6 is 0 Å². The van der Waals surface area contributed by atoms with Gasteiger partial charge in [0.2, 0.25) is 0 Å². The van der Waals surface area contributed by atoms with Crippen molar-refractivity contribution in [3.05, 3.63) is 30.3 Å². The number of carbonyl (C=O) groups excluding carboxylic acids is 1. The number of para-hydroxylation sites is 1. The summed E-state index contributed by atoms with van der Waals surface area (Å²) >= 11 is 0. The largest absolute Gasteiger partial charge is 0.484 e. The van der Waals surface area contributed by atoms with Crippen LogP contribution in [0.15, 0.2) is 30.3 Å². The van der Waals surface area contributed by atoms with Crippen LogP contribution in [0.5, 0.6) is 5.75 Å². The van der Waals surface area contributed by atoms with Gasteiger partial charge in [-0.15, -0.1) is 0 Å². The first-order valence-electron chi connectivity index (χ1n) is 7.91. The Kier molecular flexibility index (Phi) is 3.46. The number of benzene rings is 1. The molecule has 1 aromatic rings. The first kappa shape index (κ1) is 14.4. The van der Waals surface area contributed by atoms with Gasteiger partial charge in [0.05, 0.1) is 0 Å². The van der Waals surface area contributed by atoms with Gasteiger partial charge in [-0.25, -0.2) is 0 Å². The molecule has 0 spiro atoms. The Labute approximate surface area is 127 Å². The highest BCUT2D eigenvalue weighted by molar-refractivity contribution is 5.78. The highest BCUT2D eigenvalue weighted by Crippen LogP contribution is 2.65. The maximum Gasteiger partial charge on any atom is 0.258 e. The molecule has 1 amide bonds. The molecule has 0 heterocycles. The third-order valence-electron chi connectivity index (χ3n) is 6.24. The van der Waals surface area contributed by atoms with Gasteiger partial charge in [0.15, 0.2) is 6.61 Å². The predicted octanol–water partition coefficient (Wildman–Crippen LogP) is 3.40. The van der Waals surface area contributed by atoms with Crippen LogP contribution < -0.4 is 10.1 Å². The molecule has 0 aliphatic heterocycles. The van der Waals surface area contributed by atoms with Gasteiger partial charge in [-0.1, -0.05) is 39.0 Å². The summed E-state index contributed by atoms with van der Waals surface area (Å²) in [6.07, 6.45) is 3.63. The van der Waals surface area contributed by atoms with Gasteiger partial charge < -0.3 is 10.1 Å². The van der Waals surface area contributed by atoms with Crippen LogP contribution in [0.4, 0.5) is 0 Å². The van der Waals surface area contributed by atoms with Crippen LogP contribution in [0.2, 0.25) is 0 Å². The van der Waals surface area contributed by atoms with E-state index in [-0.39, 0.29) is 24.0 Å². The van der Waals surface area contributed by atoms with Gasteiger partial charge in [-0.3, -0.25) is 4.79 Å². The molecule has 0 saturated heterocycles. The molecule has 1 aromatic carbocycles. The Morgan fingerprint density at radius 1 is 1.29 bits per heavy atom. The molecule has 3 nitrogen and oxygen atoms in total. The van der Waals surface area contributed by atoms with Crippen molar-refractivity contribution in [1.29, 1.82) is 0 Å². The Balaban J connectivity index is 1.57. The SMILES string of the molecule is CC1(C)[C@H]2CC[C@@]1(C)[C@H](NC(=O)COc1ccccc1)C2. The standard InChI is InChI=1S/C18H25NO2/c1-17(2)13-9-10-18(17,3)15(11-13)19-16(20)12-21-14-7-5-4-6-8-14/h4-8,13,15H,9-12H2,1-3H3,(H,19,20)/t13-,15+,18-/m0/s1. The highest BCUT2D eigenvalue weighted by Gasteiger charge is 2.61. The normalized spacial score (nSPS) is 32.9. The van der Waals surface area contributed by atoms with Gasteiger partial charge in [-0.05, 0) is 48.1 Å². The molecular weight excluding hydrogens is 262 g/mol. The van der Waals surface area contributed by atoms with E-state index in [4.69, 9.17) is 4.74 Å². The third kappa shape index (κ3) is 2.33. The number of ether oxygens (including phenoxy) is 1. The summed E-state index contributed by atoms with van der Waals surface area (Å²) in [7, 11) is 0. The Hall–Kier alpha value is -1.51. The van der Waals surface area contributed by atoms with Crippen molar-refractivity contribution in [1.82, 2.24) is 5.32 Å². The average Bonchev–Trinajstić information content (AvgIpc) is 2.79. The molecule has 2 aliphatic carbocycles. The summed E-state index contributed by atoms with van der Waals surface area (Å²) in [4.78, 5) is 12.2. The molecule has 0 radical (unpaired) electrons. The zero-order chi connectivity index (χ0) is 15.1. The van der Waals surface area contributed by atoms with E-state index in [1.54, 1.807) is 0 Å². The van der Waals surface area contributed by atoms with E-state index in [9.17, 15) is 4.79 Å². The zero-order valence-electron chi connectivity index (χ0n) is 13.2. The monoisotopic (exact) mass is 287 g/mol. The second-order valence-corrected chi connectivity index (χ2v) is 7.33. The molecule has 3 rings (SSSR count). The minimum absolute atomic E-state index is 0.00609. The van der Waals surface area contributed by atoms with Crippen LogP contribution in [0.25, 0.3) is 0 Å². The Morgan fingerprint density at radius 3 is 2.57 bits per heavy atom. The zero-order valence-corrected chi connectivity index (χ0v) is 13.2. The van der Waals surface area contributed by atoms with Gasteiger partial charge in [-0.2, -0.15) is 0 Å². The molecular formula is C18H25NO2. The summed E-state index contributed by atoms with van der Waals surface area (Å²) in [5.41, 5.74) is 0.547. The predicted molar refractivity (Wildman–Crippen MR) is 83.1 cm³/mol. The molecule has 2 saturated carbocycles. The topological polar surface area (TPSA) is 38.3 Å². The van der Waals surface area contributed by atoms with Gasteiger partial charge in [0, 0.05) is 6.04 Å². The molecule has 2 aliphatic rings. The summed E-state index contributed by atoms with van der Waals surface area (Å²) in [5, 5.41) is 3.21. The van der Waals surface area contributed by atoms with Crippen molar-refractivity contribution in [2.45, 2.75) is 46.1 Å². The van der Waals surface area contributed by atoms with Gasteiger partial charge >= 0.3 is 0 Å². The fourth-order valence-electron chi connectivity index (χ4n) is 4.32. The summed E-state index contributed by atoms with van der Waals surface area (Å²) < 4.78 is 5.53. The lowest BCUT2D eigenvalue weighted by Crippen LogP contribution is -2.48. The minimum Gasteiger partial charge on any atom is -0.484 e. The van der Waals surface area contributed by atoms with Crippen molar-refractivity contribution >= 4 is 5.91 Å². The van der Waals surface area contributed by atoms with E-state index in [2.05, 4.69) is 26.1 Å². The first-order chi connectivity index (χ1) is 9.93. The fraction of sp³-hybridized carbons (Fsp3) is 0.611. The summed E-state index contributed by atoms with van der Waals surface area (Å²) in [6, 6.07) is 9.79. The number of fused-ring (bicyclic) bond motifs is 2. The molecule has 2 bridgehead atoms. The Morgan fingerprint density at radius 2 is 2.00 bits per heavy atom. The van der Waals surface area contributed by atoms with Gasteiger partial charge in [0.25, 0.3) is 5.91 Å². The second-order valence-electron chi connectivity index (χ2n) is 7.33. The van der Waals surface area contributed by atoms with Crippen LogP contribution in [-0.4, -0.2) is 18.6 Å². The van der Waals surface area contributed by atoms with Crippen LogP contribution in [0.1, 0.15) is 40.0 Å². The summed E-state index contributed by atoms with van der Waals surface area (Å²) in [6.45, 7) is 7.15. The number of carbonyl (C=O) groups is 1. The molecule has 114 valence electrons. The number of hydrogen-bond acceptors (Lipinski definition) is 2. The second kappa shape index (κ2) is 5.04. The van der Waals surface area contributed by atoms with Crippen molar-refractivity contribution in [3.63, 3.8) is 0 Å². The third-order valence-corrected chi connectivity index (χ3v) is 6.24. The summed E-state index contributed by atoms with van der Waals surface area (Å²) in [5.74, 6) is 1.48. The quantitative estimate of drug-likeness (QED) is 0.921. The van der Waals surface area contributed by atoms with E-state index in [1.807, 2.05) is 30.3 Å². The molecule has 3 heteroatoms. The average molecular weight is 287 g/mol. The molecule has 3 atom stereocenters. The van der Waals surface area contributed by atoms with Crippen molar-refractivity contribution in [2.24, 2.45) is 16.7 Å². The van der Waals surface area contributed by atoms with E-state index >= 15 is 0 Å². The number of nitrogens with one attached hydrogen (secondary N) is 1. The molecule has 21 heavy (non-hydrogen) atoms. The first-order valence-corrected chi connectivity index (χ1v) is 7.91. The minimum atomic E-state index is -0.00609. The van der Waals surface area contributed by atoms with Crippen LogP contribution in [0.3, 0.4) is 0 Å². The highest BCUT2D eigenvalue weighted by atomic mass is 16.5. The van der Waals surface area contributed by atoms with Crippen molar-refractivity contribution in [2.75, 3.05) is 6.61 Å². The van der Waals surface area contributed by atoms with E-state index in [0.717, 1.165) is 18.1 Å². The van der Waals surface area contributed by atoms with Crippen molar-refractivity contribution < 1.29 is 9.53 Å². The maximum absolute atomic E-state index is 12.2. The maximum atomic E-state index is 12.2. The Bertz CT molecular complexity index is 525. The number of hydrogen-bond donors (Lipinski definition) is 1. The van der Waals surface area contributed by atoms with E-state index < -0.39 is 0 Å². The number of amides is 1. The number of rotatable bonds is 4. The molecule has 2 fully saturated rings. The lowest BCUT2D eigenvalue weighted by molar-refractivity contribution is -0.124. The molecule has 1 N–H and O–H groups in total. The van der Waals surface area contributed by atoms with E-state index in [0.29, 0.717) is 5.41 Å². The fourth-order valence-corrected chi connectivity index (χ4v) is 4.32. The van der Waals surface area contributed by atoms with E-state index in [1.165, 1.54) is 12.8 Å².